The highest BCUT2D eigenvalue weighted by Gasteiger charge is 2.21. The van der Waals surface area contributed by atoms with Gasteiger partial charge in [-0.05, 0) is 32.4 Å². The second-order valence-electron chi connectivity index (χ2n) is 8.53. The van der Waals surface area contributed by atoms with Crippen molar-refractivity contribution in [3.05, 3.63) is 0 Å². The number of hydrogen-bond donors (Lipinski definition) is 2. The number of carbonyl (C=O) groups excluding carboxylic acids is 2. The molecule has 0 heterocycles. The van der Waals surface area contributed by atoms with E-state index in [2.05, 4.69) is 12.2 Å². The van der Waals surface area contributed by atoms with Gasteiger partial charge in [0.25, 0.3) is 0 Å². The standard InChI is InChI=1S/C25H50N2O3/c1-3-5-6-7-8-9-10-11-12-13-14-15-16-19-22-27-23(20-17-18-21-26)25(29)30-24(28)4-2/h23,27H,3-22,26H2,1-2H3/t23-/m0/s1. The van der Waals surface area contributed by atoms with Crippen LogP contribution in [-0.2, 0) is 14.3 Å². The molecule has 0 saturated heterocycles. The number of rotatable bonds is 22. The Labute approximate surface area is 186 Å². The molecule has 0 spiro atoms. The average Bonchev–Trinajstić information content (AvgIpc) is 2.75. The van der Waals surface area contributed by atoms with Crippen molar-refractivity contribution in [3.8, 4) is 0 Å². The van der Waals surface area contributed by atoms with Crippen LogP contribution in [-0.4, -0.2) is 31.1 Å². The highest BCUT2D eigenvalue weighted by molar-refractivity contribution is 5.88. The Bertz CT molecular complexity index is 402. The van der Waals surface area contributed by atoms with Gasteiger partial charge in [-0.1, -0.05) is 104 Å². The molecule has 0 amide bonds. The molecule has 0 aliphatic rings. The van der Waals surface area contributed by atoms with Gasteiger partial charge in [-0.3, -0.25) is 4.79 Å². The molecule has 0 aliphatic carbocycles. The van der Waals surface area contributed by atoms with Gasteiger partial charge >= 0.3 is 11.9 Å². The first-order valence-electron chi connectivity index (χ1n) is 12.8. The summed E-state index contributed by atoms with van der Waals surface area (Å²) in [4.78, 5) is 23.5. The Kier molecular flexibility index (Phi) is 22.0. The predicted molar refractivity (Wildman–Crippen MR) is 126 cm³/mol. The van der Waals surface area contributed by atoms with Crippen molar-refractivity contribution >= 4 is 11.9 Å². The van der Waals surface area contributed by atoms with Crippen LogP contribution in [0.4, 0.5) is 0 Å². The molecule has 0 aromatic rings. The van der Waals surface area contributed by atoms with E-state index in [0.717, 1.165) is 25.8 Å². The van der Waals surface area contributed by atoms with Gasteiger partial charge in [0.2, 0.25) is 0 Å². The van der Waals surface area contributed by atoms with Crippen molar-refractivity contribution in [1.29, 1.82) is 0 Å². The molecule has 1 atom stereocenters. The Morgan fingerprint density at radius 1 is 0.733 bits per heavy atom. The maximum Gasteiger partial charge on any atom is 0.330 e. The lowest BCUT2D eigenvalue weighted by atomic mass is 10.0. The Balaban J connectivity index is 3.64. The van der Waals surface area contributed by atoms with E-state index in [-0.39, 0.29) is 6.42 Å². The van der Waals surface area contributed by atoms with Crippen molar-refractivity contribution in [2.24, 2.45) is 5.73 Å². The van der Waals surface area contributed by atoms with Gasteiger partial charge in [-0.15, -0.1) is 0 Å². The van der Waals surface area contributed by atoms with Gasteiger partial charge in [0.05, 0.1) is 0 Å². The van der Waals surface area contributed by atoms with E-state index in [1.54, 1.807) is 6.92 Å². The maximum atomic E-state index is 12.1. The normalized spacial score (nSPS) is 12.1. The molecule has 0 fully saturated rings. The average molecular weight is 427 g/mol. The van der Waals surface area contributed by atoms with E-state index < -0.39 is 18.0 Å². The summed E-state index contributed by atoms with van der Waals surface area (Å²) in [7, 11) is 0. The van der Waals surface area contributed by atoms with Crippen molar-refractivity contribution in [3.63, 3.8) is 0 Å². The van der Waals surface area contributed by atoms with Crippen molar-refractivity contribution in [2.45, 2.75) is 135 Å². The molecule has 0 unspecified atom stereocenters. The summed E-state index contributed by atoms with van der Waals surface area (Å²) < 4.78 is 4.90. The quantitative estimate of drug-likeness (QED) is 0.125. The number of unbranched alkanes of at least 4 members (excludes halogenated alkanes) is 14. The largest absolute Gasteiger partial charge is 0.392 e. The molecular formula is C25H50N2O3. The number of nitrogens with two attached hydrogens (primary N) is 1. The number of nitrogens with one attached hydrogen (secondary N) is 1. The second-order valence-corrected chi connectivity index (χ2v) is 8.53. The zero-order valence-corrected chi connectivity index (χ0v) is 20.0. The first-order valence-corrected chi connectivity index (χ1v) is 12.8. The summed E-state index contributed by atoms with van der Waals surface area (Å²) in [5, 5.41) is 3.28. The van der Waals surface area contributed by atoms with Gasteiger partial charge in [0, 0.05) is 6.42 Å². The summed E-state index contributed by atoms with van der Waals surface area (Å²) in [6.45, 7) is 5.38. The molecule has 0 aromatic carbocycles. The van der Waals surface area contributed by atoms with Gasteiger partial charge < -0.3 is 15.8 Å². The molecule has 5 nitrogen and oxygen atoms in total. The lowest BCUT2D eigenvalue weighted by molar-refractivity contribution is -0.161. The Morgan fingerprint density at radius 2 is 1.23 bits per heavy atom. The zero-order chi connectivity index (χ0) is 22.3. The third-order valence-electron chi connectivity index (χ3n) is 5.66. The van der Waals surface area contributed by atoms with Crippen molar-refractivity contribution in [1.82, 2.24) is 5.32 Å². The first-order chi connectivity index (χ1) is 14.7. The van der Waals surface area contributed by atoms with Crippen molar-refractivity contribution in [2.75, 3.05) is 13.1 Å². The number of carbonyl (C=O) groups is 2. The molecule has 178 valence electrons. The molecule has 0 rings (SSSR count). The monoisotopic (exact) mass is 426 g/mol. The minimum absolute atomic E-state index is 0.222. The van der Waals surface area contributed by atoms with Crippen LogP contribution >= 0.6 is 0 Å². The number of esters is 2. The molecule has 0 aromatic heterocycles. The Hall–Kier alpha value is -0.940. The summed E-state index contributed by atoms with van der Waals surface area (Å²) in [6.07, 6.45) is 21.3. The fourth-order valence-electron chi connectivity index (χ4n) is 3.65. The first kappa shape index (κ1) is 29.1. The smallest absolute Gasteiger partial charge is 0.330 e. The number of hydrogen-bond acceptors (Lipinski definition) is 5. The molecule has 0 radical (unpaired) electrons. The van der Waals surface area contributed by atoms with Crippen LogP contribution in [0.25, 0.3) is 0 Å². The SMILES string of the molecule is CCCCCCCCCCCCCCCCN[C@@H](CCCCN)C(=O)OC(=O)CC. The van der Waals surface area contributed by atoms with Gasteiger partial charge in [-0.2, -0.15) is 0 Å². The Morgan fingerprint density at radius 3 is 1.70 bits per heavy atom. The zero-order valence-electron chi connectivity index (χ0n) is 20.0. The summed E-state index contributed by atoms with van der Waals surface area (Å²) in [5.74, 6) is -0.897. The fraction of sp³-hybridized carbons (Fsp3) is 0.920. The third-order valence-corrected chi connectivity index (χ3v) is 5.66. The summed E-state index contributed by atoms with van der Waals surface area (Å²) >= 11 is 0. The lowest BCUT2D eigenvalue weighted by Gasteiger charge is -2.16. The highest BCUT2D eigenvalue weighted by Crippen LogP contribution is 2.13. The van der Waals surface area contributed by atoms with E-state index in [1.165, 1.54) is 83.5 Å². The van der Waals surface area contributed by atoms with Crippen LogP contribution in [0.1, 0.15) is 129 Å². The van der Waals surface area contributed by atoms with E-state index >= 15 is 0 Å². The molecule has 0 saturated carbocycles. The molecule has 30 heavy (non-hydrogen) atoms. The van der Waals surface area contributed by atoms with E-state index in [0.29, 0.717) is 13.0 Å². The van der Waals surface area contributed by atoms with Crippen molar-refractivity contribution < 1.29 is 14.3 Å². The van der Waals surface area contributed by atoms with Crippen LogP contribution < -0.4 is 11.1 Å². The minimum Gasteiger partial charge on any atom is -0.392 e. The van der Waals surface area contributed by atoms with E-state index in [9.17, 15) is 9.59 Å². The summed E-state index contributed by atoms with van der Waals surface area (Å²) in [6, 6.07) is -0.394. The van der Waals surface area contributed by atoms with Crippen LogP contribution in [0.2, 0.25) is 0 Å². The second kappa shape index (κ2) is 22.7. The molecule has 0 aliphatic heterocycles. The van der Waals surface area contributed by atoms with Gasteiger partial charge in [-0.25, -0.2) is 4.79 Å². The number of ether oxygens (including phenoxy) is 1. The molecule has 5 heteroatoms. The van der Waals surface area contributed by atoms with E-state index in [1.807, 2.05) is 0 Å². The molecular weight excluding hydrogens is 376 g/mol. The van der Waals surface area contributed by atoms with Gasteiger partial charge in [0.1, 0.15) is 6.04 Å². The van der Waals surface area contributed by atoms with Crippen LogP contribution in [0, 0.1) is 0 Å². The third kappa shape index (κ3) is 19.0. The topological polar surface area (TPSA) is 81.4 Å². The highest BCUT2D eigenvalue weighted by atomic mass is 16.6. The van der Waals surface area contributed by atoms with E-state index in [4.69, 9.17) is 10.5 Å². The lowest BCUT2D eigenvalue weighted by Crippen LogP contribution is -2.39. The van der Waals surface area contributed by atoms with Crippen LogP contribution in [0.5, 0.6) is 0 Å². The molecule has 3 N–H and O–H groups in total. The minimum atomic E-state index is -0.456. The predicted octanol–water partition coefficient (Wildman–Crippen LogP) is 6.03. The summed E-state index contributed by atoms with van der Waals surface area (Å²) in [5.41, 5.74) is 5.54. The van der Waals surface area contributed by atoms with Crippen LogP contribution in [0.3, 0.4) is 0 Å². The fourth-order valence-corrected chi connectivity index (χ4v) is 3.65. The molecule has 0 bridgehead atoms. The van der Waals surface area contributed by atoms with Crippen LogP contribution in [0.15, 0.2) is 0 Å². The van der Waals surface area contributed by atoms with Gasteiger partial charge in [0.15, 0.2) is 0 Å². The maximum absolute atomic E-state index is 12.1.